The predicted octanol–water partition coefficient (Wildman–Crippen LogP) is 1.49. The minimum atomic E-state index is 0.188. The topological polar surface area (TPSA) is 32.3 Å². The quantitative estimate of drug-likeness (QED) is 0.768. The average molecular weight is 212 g/mol. The number of amides is 1. The van der Waals surface area contributed by atoms with Crippen LogP contribution < -0.4 is 5.32 Å². The number of piperidine rings is 1. The van der Waals surface area contributed by atoms with Gasteiger partial charge in [-0.2, -0.15) is 0 Å². The first kappa shape index (κ1) is 12.5. The van der Waals surface area contributed by atoms with Gasteiger partial charge < -0.3 is 10.2 Å². The third kappa shape index (κ3) is 3.20. The van der Waals surface area contributed by atoms with Crippen LogP contribution in [-0.4, -0.2) is 37.0 Å². The zero-order valence-corrected chi connectivity index (χ0v) is 10.4. The van der Waals surface area contributed by atoms with Crippen molar-refractivity contribution in [2.45, 2.75) is 39.7 Å². The van der Waals surface area contributed by atoms with Crippen LogP contribution in [0.3, 0.4) is 0 Å². The molecule has 1 aliphatic rings. The van der Waals surface area contributed by atoms with Gasteiger partial charge in [0.1, 0.15) is 0 Å². The van der Waals surface area contributed by atoms with Crippen molar-refractivity contribution in [3.05, 3.63) is 0 Å². The molecule has 1 fully saturated rings. The highest BCUT2D eigenvalue weighted by Crippen LogP contribution is 2.18. The summed E-state index contributed by atoms with van der Waals surface area (Å²) in [4.78, 5) is 14.0. The number of nitrogens with one attached hydrogen (secondary N) is 1. The molecule has 1 N–H and O–H groups in total. The van der Waals surface area contributed by atoms with Gasteiger partial charge in [0.05, 0.1) is 5.92 Å². The Kier molecular flexibility index (Phi) is 4.58. The predicted molar refractivity (Wildman–Crippen MR) is 62.7 cm³/mol. The molecule has 0 aromatic carbocycles. The molecule has 0 radical (unpaired) electrons. The van der Waals surface area contributed by atoms with E-state index in [-0.39, 0.29) is 5.92 Å². The summed E-state index contributed by atoms with van der Waals surface area (Å²) in [5.74, 6) is 1.12. The van der Waals surface area contributed by atoms with Crippen LogP contribution in [0.4, 0.5) is 0 Å². The Hall–Kier alpha value is -0.570. The van der Waals surface area contributed by atoms with Gasteiger partial charge in [0.2, 0.25) is 5.91 Å². The summed E-state index contributed by atoms with van der Waals surface area (Å²) in [5.41, 5.74) is 0. The van der Waals surface area contributed by atoms with Crippen LogP contribution >= 0.6 is 0 Å². The highest BCUT2D eigenvalue weighted by Gasteiger charge is 2.28. The summed E-state index contributed by atoms with van der Waals surface area (Å²) in [5, 5.41) is 3.33. The maximum Gasteiger partial charge on any atom is 0.226 e. The van der Waals surface area contributed by atoms with Crippen LogP contribution in [0, 0.1) is 11.8 Å². The standard InChI is InChI=1S/C12H24N2O/c1-5-10(3)14(4)12(15)11-6-9(2)7-13-8-11/h9-11,13H,5-8H2,1-4H3. The van der Waals surface area contributed by atoms with Gasteiger partial charge in [0.15, 0.2) is 0 Å². The molecule has 15 heavy (non-hydrogen) atoms. The van der Waals surface area contributed by atoms with E-state index in [0.717, 1.165) is 25.9 Å². The molecule has 0 spiro atoms. The molecule has 0 bridgehead atoms. The van der Waals surface area contributed by atoms with Gasteiger partial charge in [0, 0.05) is 19.6 Å². The molecule has 1 rings (SSSR count). The highest BCUT2D eigenvalue weighted by molar-refractivity contribution is 5.79. The van der Waals surface area contributed by atoms with E-state index in [1.54, 1.807) is 0 Å². The first-order valence-electron chi connectivity index (χ1n) is 6.03. The Morgan fingerprint density at radius 2 is 2.20 bits per heavy atom. The molecule has 1 saturated heterocycles. The minimum absolute atomic E-state index is 0.188. The summed E-state index contributed by atoms with van der Waals surface area (Å²) in [6.07, 6.45) is 2.06. The fourth-order valence-electron chi connectivity index (χ4n) is 2.12. The van der Waals surface area contributed by atoms with Crippen LogP contribution in [0.15, 0.2) is 0 Å². The fraction of sp³-hybridized carbons (Fsp3) is 0.917. The van der Waals surface area contributed by atoms with Crippen molar-refractivity contribution in [1.82, 2.24) is 10.2 Å². The molecule has 0 aromatic rings. The zero-order chi connectivity index (χ0) is 11.4. The summed E-state index contributed by atoms with van der Waals surface area (Å²) < 4.78 is 0. The van der Waals surface area contributed by atoms with E-state index in [1.807, 2.05) is 11.9 Å². The highest BCUT2D eigenvalue weighted by atomic mass is 16.2. The van der Waals surface area contributed by atoms with Crippen molar-refractivity contribution in [2.24, 2.45) is 11.8 Å². The molecule has 1 heterocycles. The second-order valence-electron chi connectivity index (χ2n) is 4.90. The van der Waals surface area contributed by atoms with Gasteiger partial charge in [-0.15, -0.1) is 0 Å². The molecule has 0 aromatic heterocycles. The molecule has 3 unspecified atom stereocenters. The van der Waals surface area contributed by atoms with E-state index in [0.29, 0.717) is 17.9 Å². The smallest absolute Gasteiger partial charge is 0.226 e. The van der Waals surface area contributed by atoms with Gasteiger partial charge in [-0.1, -0.05) is 13.8 Å². The SMILES string of the molecule is CCC(C)N(C)C(=O)C1CNCC(C)C1. The van der Waals surface area contributed by atoms with Crippen molar-refractivity contribution in [2.75, 3.05) is 20.1 Å². The molecule has 3 atom stereocenters. The van der Waals surface area contributed by atoms with Crippen molar-refractivity contribution in [3.8, 4) is 0 Å². The second-order valence-corrected chi connectivity index (χ2v) is 4.90. The fourth-order valence-corrected chi connectivity index (χ4v) is 2.12. The third-order valence-corrected chi connectivity index (χ3v) is 3.52. The maximum absolute atomic E-state index is 12.1. The van der Waals surface area contributed by atoms with Crippen molar-refractivity contribution >= 4 is 5.91 Å². The molecule has 1 amide bonds. The Labute approximate surface area is 93.2 Å². The summed E-state index contributed by atoms with van der Waals surface area (Å²) >= 11 is 0. The number of nitrogens with zero attached hydrogens (tertiary/aromatic N) is 1. The second kappa shape index (κ2) is 5.50. The van der Waals surface area contributed by atoms with Gasteiger partial charge in [0.25, 0.3) is 0 Å². The normalized spacial score (nSPS) is 28.5. The third-order valence-electron chi connectivity index (χ3n) is 3.52. The zero-order valence-electron chi connectivity index (χ0n) is 10.4. The number of carbonyl (C=O) groups excluding carboxylic acids is 1. The summed E-state index contributed by atoms with van der Waals surface area (Å²) in [6.45, 7) is 8.34. The van der Waals surface area contributed by atoms with E-state index in [1.165, 1.54) is 0 Å². The lowest BCUT2D eigenvalue weighted by atomic mass is 9.90. The Morgan fingerprint density at radius 3 is 2.73 bits per heavy atom. The largest absolute Gasteiger partial charge is 0.343 e. The number of hydrogen-bond donors (Lipinski definition) is 1. The van der Waals surface area contributed by atoms with Gasteiger partial charge >= 0.3 is 0 Å². The van der Waals surface area contributed by atoms with Crippen LogP contribution in [-0.2, 0) is 4.79 Å². The Bertz CT molecular complexity index is 218. The summed E-state index contributed by atoms with van der Waals surface area (Å²) in [6, 6.07) is 0.356. The van der Waals surface area contributed by atoms with E-state index < -0.39 is 0 Å². The lowest BCUT2D eigenvalue weighted by molar-refractivity contribution is -0.137. The molecule has 88 valence electrons. The van der Waals surface area contributed by atoms with E-state index >= 15 is 0 Å². The first-order valence-corrected chi connectivity index (χ1v) is 6.03. The lowest BCUT2D eigenvalue weighted by Gasteiger charge is -2.32. The minimum Gasteiger partial charge on any atom is -0.343 e. The van der Waals surface area contributed by atoms with Gasteiger partial charge in [-0.05, 0) is 32.2 Å². The van der Waals surface area contributed by atoms with Crippen LogP contribution in [0.2, 0.25) is 0 Å². The van der Waals surface area contributed by atoms with Gasteiger partial charge in [-0.3, -0.25) is 4.79 Å². The first-order chi connectivity index (χ1) is 7.06. The van der Waals surface area contributed by atoms with Crippen molar-refractivity contribution in [3.63, 3.8) is 0 Å². The molecule has 1 aliphatic heterocycles. The molecule has 0 aliphatic carbocycles. The molecular formula is C12H24N2O. The number of hydrogen-bond acceptors (Lipinski definition) is 2. The van der Waals surface area contributed by atoms with Gasteiger partial charge in [-0.25, -0.2) is 0 Å². The molecule has 0 saturated carbocycles. The maximum atomic E-state index is 12.1. The lowest BCUT2D eigenvalue weighted by Crippen LogP contribution is -2.46. The van der Waals surface area contributed by atoms with Crippen LogP contribution in [0.1, 0.15) is 33.6 Å². The van der Waals surface area contributed by atoms with Crippen LogP contribution in [0.25, 0.3) is 0 Å². The molecule has 3 nitrogen and oxygen atoms in total. The Morgan fingerprint density at radius 1 is 1.53 bits per heavy atom. The van der Waals surface area contributed by atoms with E-state index in [9.17, 15) is 4.79 Å². The summed E-state index contributed by atoms with van der Waals surface area (Å²) in [7, 11) is 1.93. The van der Waals surface area contributed by atoms with Crippen LogP contribution in [0.5, 0.6) is 0 Å². The van der Waals surface area contributed by atoms with E-state index in [2.05, 4.69) is 26.1 Å². The molecule has 3 heteroatoms. The van der Waals surface area contributed by atoms with E-state index in [4.69, 9.17) is 0 Å². The monoisotopic (exact) mass is 212 g/mol. The van der Waals surface area contributed by atoms with Crippen molar-refractivity contribution < 1.29 is 4.79 Å². The average Bonchev–Trinajstić information content (AvgIpc) is 2.26. The molecular weight excluding hydrogens is 188 g/mol. The number of rotatable bonds is 3. The Balaban J connectivity index is 2.51. The van der Waals surface area contributed by atoms with Crippen molar-refractivity contribution in [1.29, 1.82) is 0 Å². The number of carbonyl (C=O) groups is 1.